The number of hydrogen-bond donors (Lipinski definition) is 0. The average molecular weight is 272 g/mol. The molecule has 0 atom stereocenters. The molecule has 1 aromatic rings. The minimum atomic E-state index is -3.50. The van der Waals surface area contributed by atoms with Crippen LogP contribution in [-0.4, -0.2) is 12.2 Å². The van der Waals surface area contributed by atoms with Gasteiger partial charge in [0.15, 0.2) is 0 Å². The van der Waals surface area contributed by atoms with Crippen LogP contribution >= 0.6 is 7.82 Å². The van der Waals surface area contributed by atoms with E-state index in [2.05, 4.69) is 0 Å². The summed E-state index contributed by atoms with van der Waals surface area (Å²) in [6.07, 6.45) is -0.435. The largest absolute Gasteiger partial charge is 0.475 e. The van der Waals surface area contributed by atoms with Gasteiger partial charge in [-0.3, -0.25) is 13.6 Å². The minimum absolute atomic E-state index is 0.206. The predicted molar refractivity (Wildman–Crippen MR) is 71.3 cm³/mol. The van der Waals surface area contributed by atoms with E-state index in [1.165, 1.54) is 0 Å². The molecule has 0 fully saturated rings. The molecule has 0 amide bonds. The van der Waals surface area contributed by atoms with Gasteiger partial charge in [-0.2, -0.15) is 0 Å². The molecule has 5 heteroatoms. The van der Waals surface area contributed by atoms with Crippen LogP contribution in [0, 0.1) is 0 Å². The second-order valence-electron chi connectivity index (χ2n) is 4.51. The Hall–Kier alpha value is -0.670. The Morgan fingerprint density at radius 2 is 1.50 bits per heavy atom. The summed E-state index contributed by atoms with van der Waals surface area (Å²) >= 11 is 0. The van der Waals surface area contributed by atoms with Gasteiger partial charge >= 0.3 is 7.82 Å². The summed E-state index contributed by atoms with van der Waals surface area (Å²) in [6.45, 7) is 7.38. The summed E-state index contributed by atoms with van der Waals surface area (Å²) in [5.41, 5.74) is 0.928. The van der Waals surface area contributed by atoms with Crippen molar-refractivity contribution in [2.45, 2.75) is 46.5 Å². The summed E-state index contributed by atoms with van der Waals surface area (Å²) < 4.78 is 28.3. The number of phosphoric acid groups is 1. The van der Waals surface area contributed by atoms with E-state index in [0.717, 1.165) is 5.56 Å². The third kappa shape index (κ3) is 5.78. The molecule has 0 bridgehead atoms. The first-order valence-corrected chi connectivity index (χ1v) is 7.52. The van der Waals surface area contributed by atoms with Gasteiger partial charge in [0.1, 0.15) is 0 Å². The van der Waals surface area contributed by atoms with Crippen molar-refractivity contribution in [3.8, 4) is 0 Å². The van der Waals surface area contributed by atoms with Crippen molar-refractivity contribution in [1.29, 1.82) is 0 Å². The number of phosphoric ester groups is 1. The molecule has 1 aromatic carbocycles. The molecule has 0 aliphatic rings. The van der Waals surface area contributed by atoms with Crippen LogP contribution in [-0.2, 0) is 24.7 Å². The van der Waals surface area contributed by atoms with Crippen molar-refractivity contribution in [2.75, 3.05) is 0 Å². The Bertz CT molecular complexity index is 375. The number of hydrogen-bond acceptors (Lipinski definition) is 4. The topological polar surface area (TPSA) is 44.8 Å². The van der Waals surface area contributed by atoms with Gasteiger partial charge in [-0.25, -0.2) is 4.57 Å². The summed E-state index contributed by atoms with van der Waals surface area (Å²) in [5.74, 6) is 0. The Kier molecular flexibility index (Phi) is 6.03. The Balaban J connectivity index is 2.64. The fraction of sp³-hybridized carbons (Fsp3) is 0.538. The van der Waals surface area contributed by atoms with Crippen LogP contribution in [0.2, 0.25) is 0 Å². The highest BCUT2D eigenvalue weighted by Crippen LogP contribution is 2.52. The monoisotopic (exact) mass is 272 g/mol. The van der Waals surface area contributed by atoms with Crippen molar-refractivity contribution < 1.29 is 18.1 Å². The molecule has 0 heterocycles. The van der Waals surface area contributed by atoms with Gasteiger partial charge in [0.2, 0.25) is 0 Å². The van der Waals surface area contributed by atoms with Crippen LogP contribution in [0.15, 0.2) is 30.3 Å². The van der Waals surface area contributed by atoms with E-state index in [-0.39, 0.29) is 18.8 Å². The molecular weight excluding hydrogens is 251 g/mol. The first kappa shape index (κ1) is 15.4. The van der Waals surface area contributed by atoms with Gasteiger partial charge in [0, 0.05) is 0 Å². The highest BCUT2D eigenvalue weighted by atomic mass is 31.2. The van der Waals surface area contributed by atoms with E-state index >= 15 is 0 Å². The molecule has 0 saturated heterocycles. The molecule has 0 spiro atoms. The molecule has 0 aliphatic carbocycles. The summed E-state index contributed by atoms with van der Waals surface area (Å²) in [4.78, 5) is 0. The zero-order valence-corrected chi connectivity index (χ0v) is 12.2. The zero-order chi connectivity index (χ0) is 13.6. The molecule has 0 aliphatic heterocycles. The van der Waals surface area contributed by atoms with Crippen LogP contribution in [0.1, 0.15) is 33.3 Å². The van der Waals surface area contributed by atoms with Gasteiger partial charge in [-0.05, 0) is 33.3 Å². The standard InChI is InChI=1S/C13H21O4P/c1-11(2)16-18(14,17-12(3)4)15-10-13-8-6-5-7-9-13/h5-9,11-12H,10H2,1-4H3. The van der Waals surface area contributed by atoms with Crippen LogP contribution in [0.4, 0.5) is 0 Å². The lowest BCUT2D eigenvalue weighted by Gasteiger charge is -2.21. The van der Waals surface area contributed by atoms with Crippen molar-refractivity contribution >= 4 is 7.82 Å². The highest BCUT2D eigenvalue weighted by molar-refractivity contribution is 7.48. The molecular formula is C13H21O4P. The predicted octanol–water partition coefficient (Wildman–Crippen LogP) is 4.16. The third-order valence-corrected chi connectivity index (χ3v) is 3.72. The Labute approximate surface area is 109 Å². The summed E-state index contributed by atoms with van der Waals surface area (Å²) in [5, 5.41) is 0. The van der Waals surface area contributed by atoms with E-state index in [0.29, 0.717) is 0 Å². The second-order valence-corrected chi connectivity index (χ2v) is 6.09. The molecule has 4 nitrogen and oxygen atoms in total. The quantitative estimate of drug-likeness (QED) is 0.699. The maximum Gasteiger partial charge on any atom is 0.475 e. The Morgan fingerprint density at radius 3 is 1.94 bits per heavy atom. The lowest BCUT2D eigenvalue weighted by Crippen LogP contribution is -2.10. The maximum absolute atomic E-state index is 12.3. The first-order valence-electron chi connectivity index (χ1n) is 6.06. The number of benzene rings is 1. The molecule has 18 heavy (non-hydrogen) atoms. The highest BCUT2D eigenvalue weighted by Gasteiger charge is 2.29. The van der Waals surface area contributed by atoms with Gasteiger partial charge in [-0.1, -0.05) is 30.3 Å². The molecule has 0 saturated carbocycles. The zero-order valence-electron chi connectivity index (χ0n) is 11.3. The van der Waals surface area contributed by atoms with Gasteiger partial charge in [0.05, 0.1) is 18.8 Å². The van der Waals surface area contributed by atoms with Crippen LogP contribution in [0.3, 0.4) is 0 Å². The first-order chi connectivity index (χ1) is 8.41. The fourth-order valence-electron chi connectivity index (χ4n) is 1.33. The lowest BCUT2D eigenvalue weighted by molar-refractivity contribution is 0.0682. The third-order valence-electron chi connectivity index (χ3n) is 1.91. The average Bonchev–Trinajstić information content (AvgIpc) is 2.26. The normalized spacial score (nSPS) is 12.3. The van der Waals surface area contributed by atoms with Gasteiger partial charge < -0.3 is 0 Å². The van der Waals surface area contributed by atoms with E-state index < -0.39 is 7.82 Å². The van der Waals surface area contributed by atoms with Crippen LogP contribution in [0.25, 0.3) is 0 Å². The van der Waals surface area contributed by atoms with E-state index in [9.17, 15) is 4.57 Å². The van der Waals surface area contributed by atoms with Gasteiger partial charge in [-0.15, -0.1) is 0 Å². The van der Waals surface area contributed by atoms with Crippen molar-refractivity contribution in [1.82, 2.24) is 0 Å². The molecule has 0 unspecified atom stereocenters. The second kappa shape index (κ2) is 7.05. The van der Waals surface area contributed by atoms with Crippen molar-refractivity contribution in [3.05, 3.63) is 35.9 Å². The van der Waals surface area contributed by atoms with Gasteiger partial charge in [0.25, 0.3) is 0 Å². The molecule has 102 valence electrons. The molecule has 0 N–H and O–H groups in total. The Morgan fingerprint density at radius 1 is 1.00 bits per heavy atom. The molecule has 0 aromatic heterocycles. The molecule has 1 rings (SSSR count). The van der Waals surface area contributed by atoms with Crippen molar-refractivity contribution in [2.24, 2.45) is 0 Å². The lowest BCUT2D eigenvalue weighted by atomic mass is 10.2. The van der Waals surface area contributed by atoms with E-state index in [4.69, 9.17) is 13.6 Å². The van der Waals surface area contributed by atoms with E-state index in [1.807, 2.05) is 30.3 Å². The van der Waals surface area contributed by atoms with Crippen molar-refractivity contribution in [3.63, 3.8) is 0 Å². The van der Waals surface area contributed by atoms with E-state index in [1.54, 1.807) is 27.7 Å². The smallest absolute Gasteiger partial charge is 0.284 e. The molecule has 0 radical (unpaired) electrons. The summed E-state index contributed by atoms with van der Waals surface area (Å²) in [7, 11) is -3.50. The van der Waals surface area contributed by atoms with Crippen LogP contribution < -0.4 is 0 Å². The fourth-order valence-corrected chi connectivity index (χ4v) is 2.84. The minimum Gasteiger partial charge on any atom is -0.284 e. The summed E-state index contributed by atoms with van der Waals surface area (Å²) in [6, 6.07) is 9.51. The number of rotatable bonds is 7. The van der Waals surface area contributed by atoms with Crippen LogP contribution in [0.5, 0.6) is 0 Å². The maximum atomic E-state index is 12.3. The SMILES string of the molecule is CC(C)OP(=O)(OCc1ccccc1)OC(C)C.